The van der Waals surface area contributed by atoms with Crippen LogP contribution in [-0.4, -0.2) is 5.78 Å². The number of ketones is 1. The van der Waals surface area contributed by atoms with Crippen molar-refractivity contribution in [3.05, 3.63) is 62.7 Å². The smallest absolute Gasteiger partial charge is 0.166 e. The van der Waals surface area contributed by atoms with Crippen molar-refractivity contribution in [2.45, 2.75) is 13.8 Å². The predicted molar refractivity (Wildman–Crippen MR) is 88.4 cm³/mol. The van der Waals surface area contributed by atoms with Gasteiger partial charge < -0.3 is 0 Å². The number of hydrogen-bond acceptors (Lipinski definition) is 4. The van der Waals surface area contributed by atoms with Crippen molar-refractivity contribution >= 4 is 34.1 Å². The second-order valence-electron chi connectivity index (χ2n) is 5.69. The van der Waals surface area contributed by atoms with E-state index in [2.05, 4.69) is 10.2 Å². The highest BCUT2D eigenvalue weighted by Crippen LogP contribution is 2.41. The first-order valence-corrected chi connectivity index (χ1v) is 8.15. The second kappa shape index (κ2) is 4.85. The molecule has 2 aliphatic rings. The SMILES string of the molecule is CC(C)C(=O)C1=c2ccccc2=C2N=NC(c3cccs3)=C21. The third-order valence-electron chi connectivity index (χ3n) is 3.95. The summed E-state index contributed by atoms with van der Waals surface area (Å²) < 4.78 is 0. The summed E-state index contributed by atoms with van der Waals surface area (Å²) in [7, 11) is 0. The largest absolute Gasteiger partial charge is 0.294 e. The van der Waals surface area contributed by atoms with Crippen LogP contribution in [0.1, 0.15) is 18.7 Å². The molecule has 0 spiro atoms. The van der Waals surface area contributed by atoms with E-state index in [-0.39, 0.29) is 11.7 Å². The molecule has 4 rings (SSSR count). The van der Waals surface area contributed by atoms with Gasteiger partial charge in [0.05, 0.1) is 4.88 Å². The van der Waals surface area contributed by atoms with Crippen molar-refractivity contribution in [1.29, 1.82) is 0 Å². The number of carbonyl (C=O) groups excluding carboxylic acids is 1. The van der Waals surface area contributed by atoms with Gasteiger partial charge >= 0.3 is 0 Å². The molecule has 1 aliphatic carbocycles. The van der Waals surface area contributed by atoms with Crippen LogP contribution in [0.3, 0.4) is 0 Å². The zero-order chi connectivity index (χ0) is 15.3. The Hall–Kier alpha value is -2.33. The quantitative estimate of drug-likeness (QED) is 0.859. The molecular weight excluding hydrogens is 292 g/mol. The van der Waals surface area contributed by atoms with E-state index in [0.717, 1.165) is 37.9 Å². The molecule has 4 heteroatoms. The normalized spacial score (nSPS) is 15.8. The van der Waals surface area contributed by atoms with E-state index in [4.69, 9.17) is 0 Å². The molecule has 0 fully saturated rings. The van der Waals surface area contributed by atoms with Crippen molar-refractivity contribution in [2.24, 2.45) is 16.1 Å². The summed E-state index contributed by atoms with van der Waals surface area (Å²) in [5, 5.41) is 12.7. The van der Waals surface area contributed by atoms with Crippen LogP contribution in [0.2, 0.25) is 0 Å². The van der Waals surface area contributed by atoms with Crippen molar-refractivity contribution in [3.63, 3.8) is 0 Å². The van der Waals surface area contributed by atoms with E-state index in [1.165, 1.54) is 0 Å². The van der Waals surface area contributed by atoms with Crippen LogP contribution in [0.25, 0.3) is 17.0 Å². The molecule has 1 aliphatic heterocycles. The highest BCUT2D eigenvalue weighted by atomic mass is 32.1. The molecule has 1 aromatic carbocycles. The number of azo groups is 1. The zero-order valence-electron chi connectivity index (χ0n) is 12.3. The fourth-order valence-corrected chi connectivity index (χ4v) is 3.63. The summed E-state index contributed by atoms with van der Waals surface area (Å²) in [6.07, 6.45) is 0. The minimum atomic E-state index is -0.0555. The lowest BCUT2D eigenvalue weighted by molar-refractivity contribution is -0.116. The minimum absolute atomic E-state index is 0.0555. The van der Waals surface area contributed by atoms with E-state index in [1.54, 1.807) is 11.3 Å². The molecule has 2 heterocycles. The van der Waals surface area contributed by atoms with Crippen molar-refractivity contribution < 1.29 is 4.79 Å². The van der Waals surface area contributed by atoms with Crippen LogP contribution in [0.4, 0.5) is 0 Å². The maximum absolute atomic E-state index is 12.8. The van der Waals surface area contributed by atoms with E-state index < -0.39 is 0 Å². The summed E-state index contributed by atoms with van der Waals surface area (Å²) in [6.45, 7) is 3.87. The molecule has 1 aromatic heterocycles. The van der Waals surface area contributed by atoms with Crippen LogP contribution in [0, 0.1) is 5.92 Å². The van der Waals surface area contributed by atoms with Crippen LogP contribution >= 0.6 is 11.3 Å². The van der Waals surface area contributed by atoms with Crippen LogP contribution in [0.5, 0.6) is 0 Å². The molecule has 0 radical (unpaired) electrons. The third kappa shape index (κ3) is 1.77. The van der Waals surface area contributed by atoms with Crippen molar-refractivity contribution in [2.75, 3.05) is 0 Å². The van der Waals surface area contributed by atoms with Crippen LogP contribution in [-0.2, 0) is 4.79 Å². The van der Waals surface area contributed by atoms with Gasteiger partial charge in [0.2, 0.25) is 0 Å². The first-order valence-electron chi connectivity index (χ1n) is 7.27. The topological polar surface area (TPSA) is 41.8 Å². The lowest BCUT2D eigenvalue weighted by Gasteiger charge is -2.08. The molecule has 0 amide bonds. The number of hydrogen-bond donors (Lipinski definition) is 0. The van der Waals surface area contributed by atoms with Gasteiger partial charge in [-0.1, -0.05) is 44.2 Å². The maximum atomic E-state index is 12.8. The molecule has 0 unspecified atom stereocenters. The first kappa shape index (κ1) is 13.3. The highest BCUT2D eigenvalue weighted by Gasteiger charge is 2.33. The minimum Gasteiger partial charge on any atom is -0.294 e. The summed E-state index contributed by atoms with van der Waals surface area (Å²) in [4.78, 5) is 13.9. The van der Waals surface area contributed by atoms with Gasteiger partial charge in [-0.25, -0.2) is 0 Å². The maximum Gasteiger partial charge on any atom is 0.166 e. The molecule has 0 saturated carbocycles. The van der Waals surface area contributed by atoms with Gasteiger partial charge in [-0.2, -0.15) is 0 Å². The average Bonchev–Trinajstić information content (AvgIpc) is 3.22. The first-order chi connectivity index (χ1) is 10.7. The Kier molecular flexibility index (Phi) is 2.94. The zero-order valence-corrected chi connectivity index (χ0v) is 13.1. The highest BCUT2D eigenvalue weighted by molar-refractivity contribution is 7.11. The average molecular weight is 306 g/mol. The number of carbonyl (C=O) groups is 1. The number of fused-ring (bicyclic) bond motifs is 2. The third-order valence-corrected chi connectivity index (χ3v) is 4.83. The van der Waals surface area contributed by atoms with Crippen molar-refractivity contribution in [3.8, 4) is 0 Å². The Morgan fingerprint density at radius 2 is 1.73 bits per heavy atom. The Bertz CT molecular complexity index is 963. The second-order valence-corrected chi connectivity index (χ2v) is 6.64. The van der Waals surface area contributed by atoms with Gasteiger partial charge in [0.25, 0.3) is 0 Å². The van der Waals surface area contributed by atoms with Gasteiger partial charge in [-0.3, -0.25) is 4.79 Å². The number of benzene rings is 1. The van der Waals surface area contributed by atoms with Crippen molar-refractivity contribution in [1.82, 2.24) is 0 Å². The summed E-state index contributed by atoms with van der Waals surface area (Å²) in [5.41, 5.74) is 3.34. The molecule has 0 bridgehead atoms. The molecule has 3 nitrogen and oxygen atoms in total. The van der Waals surface area contributed by atoms with Gasteiger partial charge in [-0.15, -0.1) is 21.6 Å². The fraction of sp³-hybridized carbons (Fsp3) is 0.167. The number of nitrogens with zero attached hydrogens (tertiary/aromatic N) is 2. The Morgan fingerprint density at radius 3 is 2.41 bits per heavy atom. The predicted octanol–water partition coefficient (Wildman–Crippen LogP) is 3.12. The summed E-state index contributed by atoms with van der Waals surface area (Å²) >= 11 is 1.62. The van der Waals surface area contributed by atoms with E-state index >= 15 is 0 Å². The van der Waals surface area contributed by atoms with Crippen LogP contribution < -0.4 is 10.4 Å². The Morgan fingerprint density at radius 1 is 1.00 bits per heavy atom. The molecule has 0 N–H and O–H groups in total. The van der Waals surface area contributed by atoms with E-state index in [1.807, 2.05) is 55.6 Å². The Labute approximate surface area is 132 Å². The lowest BCUT2D eigenvalue weighted by Crippen LogP contribution is -2.26. The summed E-state index contributed by atoms with van der Waals surface area (Å²) in [6, 6.07) is 12.0. The van der Waals surface area contributed by atoms with E-state index in [9.17, 15) is 4.79 Å². The molecule has 2 aromatic rings. The monoisotopic (exact) mass is 306 g/mol. The standard InChI is InChI=1S/C18H14N2OS/c1-10(2)18(21)14-11-6-3-4-7-12(11)16-15(14)17(20-19-16)13-8-5-9-22-13/h3-10H,1-2H3. The lowest BCUT2D eigenvalue weighted by atomic mass is 9.93. The number of rotatable bonds is 3. The molecular formula is C18H14N2OS. The molecule has 22 heavy (non-hydrogen) atoms. The van der Waals surface area contributed by atoms with Gasteiger partial charge in [0.1, 0.15) is 11.4 Å². The van der Waals surface area contributed by atoms with Gasteiger partial charge in [-0.05, 0) is 16.7 Å². The van der Waals surface area contributed by atoms with Crippen LogP contribution in [0.15, 0.2) is 57.6 Å². The van der Waals surface area contributed by atoms with Gasteiger partial charge in [0.15, 0.2) is 5.78 Å². The number of Topliss-reactive ketones (excluding diaryl/α,β-unsaturated/α-hetero) is 1. The van der Waals surface area contributed by atoms with Gasteiger partial charge in [0, 0.05) is 22.3 Å². The fourth-order valence-electron chi connectivity index (χ4n) is 2.91. The Balaban J connectivity index is 2.10. The molecule has 0 atom stereocenters. The summed E-state index contributed by atoms with van der Waals surface area (Å²) in [5.74, 6) is 0.0962. The van der Waals surface area contributed by atoms with E-state index in [0.29, 0.717) is 0 Å². The molecule has 108 valence electrons. The molecule has 0 saturated heterocycles. The number of thiophene rings is 1.